The van der Waals surface area contributed by atoms with Crippen molar-refractivity contribution in [3.05, 3.63) is 51.7 Å². The number of amides is 1. The van der Waals surface area contributed by atoms with Gasteiger partial charge in [0.25, 0.3) is 11.5 Å². The van der Waals surface area contributed by atoms with Crippen molar-refractivity contribution in [1.29, 1.82) is 0 Å². The molecule has 31 heavy (non-hydrogen) atoms. The molecule has 2 fully saturated rings. The first kappa shape index (κ1) is 21.4. The molecule has 1 amide bonds. The third-order valence-corrected chi connectivity index (χ3v) is 6.52. The fourth-order valence-corrected chi connectivity index (χ4v) is 4.72. The highest BCUT2D eigenvalue weighted by molar-refractivity contribution is 5.92. The molecule has 2 aromatic rings. The van der Waals surface area contributed by atoms with Gasteiger partial charge >= 0.3 is 0 Å². The van der Waals surface area contributed by atoms with Gasteiger partial charge in [0.1, 0.15) is 11.4 Å². The van der Waals surface area contributed by atoms with Crippen LogP contribution in [-0.4, -0.2) is 65.0 Å². The number of nitrogens with zero attached hydrogens (tertiary/aromatic N) is 4. The number of carbonyl (C=O) groups is 1. The number of rotatable bonds is 5. The Hall–Kier alpha value is -2.81. The van der Waals surface area contributed by atoms with Crippen LogP contribution in [0.5, 0.6) is 0 Å². The van der Waals surface area contributed by atoms with E-state index >= 15 is 0 Å². The van der Waals surface area contributed by atoms with Crippen LogP contribution in [0.3, 0.4) is 0 Å². The molecule has 0 spiro atoms. The Morgan fingerprint density at radius 3 is 2.68 bits per heavy atom. The number of piperazine rings is 1. The number of aromatic nitrogens is 3. The number of aryl methyl sites for hydroxylation is 1. The fourth-order valence-electron chi connectivity index (χ4n) is 4.72. The average Bonchev–Trinajstić information content (AvgIpc) is 3.29. The molecule has 166 valence electrons. The number of carbonyl (C=O) groups excluding carboxylic acids is 1. The summed E-state index contributed by atoms with van der Waals surface area (Å²) in [5.41, 5.74) is 1.97. The Labute approximate surface area is 180 Å². The van der Waals surface area contributed by atoms with Gasteiger partial charge in [0.15, 0.2) is 0 Å². The lowest BCUT2D eigenvalue weighted by Gasteiger charge is -2.39. The Kier molecular flexibility index (Phi) is 6.31. The predicted octanol–water partition coefficient (Wildman–Crippen LogP) is 1.68. The zero-order valence-corrected chi connectivity index (χ0v) is 18.0. The van der Waals surface area contributed by atoms with E-state index in [-0.39, 0.29) is 11.3 Å². The second kappa shape index (κ2) is 9.13. The Bertz CT molecular complexity index is 1000. The molecular formula is C22H29FN6O2. The van der Waals surface area contributed by atoms with Crippen molar-refractivity contribution in [3.63, 3.8) is 0 Å². The van der Waals surface area contributed by atoms with Crippen molar-refractivity contribution in [2.75, 3.05) is 38.1 Å². The lowest BCUT2D eigenvalue weighted by Crippen LogP contribution is -2.50. The van der Waals surface area contributed by atoms with E-state index in [4.69, 9.17) is 0 Å². The molecule has 2 aromatic heterocycles. The normalized spacial score (nSPS) is 22.0. The van der Waals surface area contributed by atoms with E-state index in [0.717, 1.165) is 38.0 Å². The fraction of sp³-hybridized carbons (Fsp3) is 0.545. The van der Waals surface area contributed by atoms with Gasteiger partial charge in [0.05, 0.1) is 5.69 Å². The zero-order valence-electron chi connectivity index (χ0n) is 18.0. The van der Waals surface area contributed by atoms with Crippen molar-refractivity contribution in [1.82, 2.24) is 25.2 Å². The van der Waals surface area contributed by atoms with Crippen molar-refractivity contribution in [3.8, 4) is 0 Å². The minimum Gasteiger partial charge on any atom is -0.365 e. The number of nitrogens with one attached hydrogen (secondary N) is 2. The quantitative estimate of drug-likeness (QED) is 0.704. The highest BCUT2D eigenvalue weighted by atomic mass is 19.1. The maximum Gasteiger partial charge on any atom is 0.269 e. The Balaban J connectivity index is 1.35. The topological polar surface area (TPSA) is 94.2 Å². The van der Waals surface area contributed by atoms with Crippen LogP contribution in [0.1, 0.15) is 54.0 Å². The Morgan fingerprint density at radius 2 is 2.03 bits per heavy atom. The summed E-state index contributed by atoms with van der Waals surface area (Å²) < 4.78 is 14.5. The number of hydrogen-bond acceptors (Lipinski definition) is 6. The molecule has 1 aliphatic heterocycles. The molecule has 4 rings (SSSR count). The summed E-state index contributed by atoms with van der Waals surface area (Å²) in [6.45, 7) is 5.04. The Morgan fingerprint density at radius 1 is 1.26 bits per heavy atom. The van der Waals surface area contributed by atoms with Crippen LogP contribution >= 0.6 is 0 Å². The van der Waals surface area contributed by atoms with Crippen molar-refractivity contribution >= 4 is 11.6 Å². The number of anilines is 1. The third-order valence-electron chi connectivity index (χ3n) is 6.52. The lowest BCUT2D eigenvalue weighted by atomic mass is 10.0. The van der Waals surface area contributed by atoms with Crippen LogP contribution in [0.25, 0.3) is 0 Å². The molecule has 2 aliphatic rings. The van der Waals surface area contributed by atoms with Gasteiger partial charge in [-0.15, -0.1) is 0 Å². The first-order valence-corrected chi connectivity index (χ1v) is 11.0. The van der Waals surface area contributed by atoms with Gasteiger partial charge < -0.3 is 15.2 Å². The predicted molar refractivity (Wildman–Crippen MR) is 116 cm³/mol. The van der Waals surface area contributed by atoms with E-state index < -0.39 is 11.9 Å². The van der Waals surface area contributed by atoms with Crippen molar-refractivity contribution in [2.24, 2.45) is 0 Å². The summed E-state index contributed by atoms with van der Waals surface area (Å²) in [6, 6.07) is 3.65. The van der Waals surface area contributed by atoms with Gasteiger partial charge in [-0.1, -0.05) is 6.92 Å². The minimum atomic E-state index is -0.609. The van der Waals surface area contributed by atoms with Crippen molar-refractivity contribution < 1.29 is 9.18 Å². The molecule has 2 unspecified atom stereocenters. The molecule has 1 saturated heterocycles. The molecule has 0 bridgehead atoms. The standard InChI is InChI=1S/C22H29FN6O2/c1-3-16-22(31)27-18(13-25-16)14-4-5-15(12-14)28-8-10-29(11-9-28)19-7-6-17(21(30)24-2)26-20(19)23/h6-7,13-15H,3-5,8-12H2,1-2H3,(H,24,30)(H,27,31). The smallest absolute Gasteiger partial charge is 0.269 e. The largest absolute Gasteiger partial charge is 0.365 e. The van der Waals surface area contributed by atoms with Gasteiger partial charge in [-0.3, -0.25) is 19.5 Å². The summed E-state index contributed by atoms with van der Waals surface area (Å²) in [5, 5.41) is 2.46. The number of pyridine rings is 1. The molecule has 1 saturated carbocycles. The van der Waals surface area contributed by atoms with Crippen LogP contribution in [0.2, 0.25) is 0 Å². The number of halogens is 1. The van der Waals surface area contributed by atoms with Crippen LogP contribution in [0, 0.1) is 5.95 Å². The molecular weight excluding hydrogens is 399 g/mol. The SMILES string of the molecule is CCc1ncc(C2CCC(N3CCN(c4ccc(C(=O)NC)nc4F)CC3)C2)[nH]c1=O. The van der Waals surface area contributed by atoms with E-state index in [9.17, 15) is 14.0 Å². The minimum absolute atomic E-state index is 0.0739. The second-order valence-electron chi connectivity index (χ2n) is 8.24. The number of H-pyrrole nitrogens is 1. The first-order chi connectivity index (χ1) is 15.0. The van der Waals surface area contributed by atoms with Gasteiger partial charge in [-0.05, 0) is 37.8 Å². The van der Waals surface area contributed by atoms with Gasteiger partial charge in [0, 0.05) is 57.1 Å². The number of hydrogen-bond donors (Lipinski definition) is 2. The molecule has 0 radical (unpaired) electrons. The highest BCUT2D eigenvalue weighted by Crippen LogP contribution is 2.36. The van der Waals surface area contributed by atoms with E-state index in [1.807, 2.05) is 18.0 Å². The van der Waals surface area contributed by atoms with E-state index in [2.05, 4.69) is 25.2 Å². The monoisotopic (exact) mass is 428 g/mol. The van der Waals surface area contributed by atoms with Crippen molar-refractivity contribution in [2.45, 2.75) is 44.6 Å². The third kappa shape index (κ3) is 4.46. The summed E-state index contributed by atoms with van der Waals surface area (Å²) >= 11 is 0. The number of aromatic amines is 1. The van der Waals surface area contributed by atoms with E-state index in [0.29, 0.717) is 42.9 Å². The molecule has 8 nitrogen and oxygen atoms in total. The maximum atomic E-state index is 14.5. The highest BCUT2D eigenvalue weighted by Gasteiger charge is 2.33. The van der Waals surface area contributed by atoms with E-state index in [1.165, 1.54) is 7.05 Å². The molecule has 3 heterocycles. The van der Waals surface area contributed by atoms with Crippen LogP contribution in [0.4, 0.5) is 10.1 Å². The lowest BCUT2D eigenvalue weighted by molar-refractivity contribution is 0.0957. The zero-order chi connectivity index (χ0) is 22.0. The molecule has 0 aromatic carbocycles. The summed E-state index contributed by atoms with van der Waals surface area (Å²) in [6.07, 6.45) is 5.58. The summed E-state index contributed by atoms with van der Waals surface area (Å²) in [7, 11) is 1.50. The maximum absolute atomic E-state index is 14.5. The average molecular weight is 429 g/mol. The van der Waals surface area contributed by atoms with Crippen LogP contribution in [0.15, 0.2) is 23.1 Å². The molecule has 2 N–H and O–H groups in total. The summed E-state index contributed by atoms with van der Waals surface area (Å²) in [4.78, 5) is 39.3. The van der Waals surface area contributed by atoms with Crippen LogP contribution < -0.4 is 15.8 Å². The van der Waals surface area contributed by atoms with Gasteiger partial charge in [-0.2, -0.15) is 4.39 Å². The summed E-state index contributed by atoms with van der Waals surface area (Å²) in [5.74, 6) is -0.678. The molecule has 2 atom stereocenters. The molecule has 1 aliphatic carbocycles. The van der Waals surface area contributed by atoms with Gasteiger partial charge in [0.2, 0.25) is 5.95 Å². The molecule has 9 heteroatoms. The van der Waals surface area contributed by atoms with Gasteiger partial charge in [-0.25, -0.2) is 4.98 Å². The first-order valence-electron chi connectivity index (χ1n) is 11.0. The van der Waals surface area contributed by atoms with E-state index in [1.54, 1.807) is 12.1 Å². The second-order valence-corrected chi connectivity index (χ2v) is 8.24. The van der Waals surface area contributed by atoms with Crippen LogP contribution in [-0.2, 0) is 6.42 Å².